The Kier molecular flexibility index (Phi) is 1.76. The van der Waals surface area contributed by atoms with E-state index in [2.05, 4.69) is 4.98 Å². The zero-order valence-electron chi connectivity index (χ0n) is 5.70. The molecule has 0 spiro atoms. The molecule has 3 heteroatoms. The lowest BCUT2D eigenvalue weighted by Gasteiger charge is -1.98. The molecule has 54 valence electrons. The number of aromatic nitrogens is 1. The second-order valence-electron chi connectivity index (χ2n) is 2.02. The van der Waals surface area contributed by atoms with Gasteiger partial charge in [0.1, 0.15) is 5.75 Å². The third kappa shape index (κ3) is 1.18. The van der Waals surface area contributed by atoms with Crippen molar-refractivity contribution in [3.63, 3.8) is 0 Å². The number of rotatable bonds is 1. The molecule has 3 nitrogen and oxygen atoms in total. The third-order valence-electron chi connectivity index (χ3n) is 1.33. The highest BCUT2D eigenvalue weighted by atomic mass is 16.3. The first-order valence-electron chi connectivity index (χ1n) is 3.11. The van der Waals surface area contributed by atoms with Crippen molar-refractivity contribution >= 4 is 0 Å². The van der Waals surface area contributed by atoms with Crippen LogP contribution in [0.4, 0.5) is 0 Å². The van der Waals surface area contributed by atoms with Crippen molar-refractivity contribution in [1.29, 1.82) is 0 Å². The molecule has 0 bridgehead atoms. The van der Waals surface area contributed by atoms with Gasteiger partial charge in [0, 0.05) is 17.8 Å². The van der Waals surface area contributed by atoms with Crippen LogP contribution < -0.4 is 0 Å². The summed E-state index contributed by atoms with van der Waals surface area (Å²) in [6, 6.07) is 1.23. The molecule has 0 aliphatic heterocycles. The van der Waals surface area contributed by atoms with Gasteiger partial charge >= 0.3 is 0 Å². The highest BCUT2D eigenvalue weighted by Crippen LogP contribution is 2.19. The smallest absolute Gasteiger partial charge is 0.214 e. The van der Waals surface area contributed by atoms with Gasteiger partial charge in [-0.15, -0.1) is 0 Å². The van der Waals surface area contributed by atoms with Crippen LogP contribution in [0, 0.1) is 0 Å². The summed E-state index contributed by atoms with van der Waals surface area (Å²) < 4.78 is 0. The molecule has 1 heterocycles. The van der Waals surface area contributed by atoms with E-state index in [4.69, 9.17) is 10.2 Å². The minimum Gasteiger partial charge on any atom is -0.507 e. The van der Waals surface area contributed by atoms with E-state index in [0.29, 0.717) is 0 Å². The topological polar surface area (TPSA) is 53.4 Å². The second kappa shape index (κ2) is 2.56. The average Bonchev–Trinajstić information content (AvgIpc) is 1.88. The molecule has 10 heavy (non-hydrogen) atoms. The number of hydrogen-bond acceptors (Lipinski definition) is 3. The van der Waals surface area contributed by atoms with Crippen LogP contribution in [0.5, 0.6) is 11.6 Å². The highest BCUT2D eigenvalue weighted by molar-refractivity contribution is 5.33. The Morgan fingerprint density at radius 1 is 1.50 bits per heavy atom. The summed E-state index contributed by atoms with van der Waals surface area (Å²) in [7, 11) is 0. The van der Waals surface area contributed by atoms with Gasteiger partial charge in [0.25, 0.3) is 0 Å². The van der Waals surface area contributed by atoms with Crippen LogP contribution in [0.3, 0.4) is 0 Å². The normalized spacial score (nSPS) is 9.70. The summed E-state index contributed by atoms with van der Waals surface area (Å²) in [4.78, 5) is 3.61. The van der Waals surface area contributed by atoms with Crippen molar-refractivity contribution in [2.24, 2.45) is 0 Å². The van der Waals surface area contributed by atoms with E-state index in [0.717, 1.165) is 12.0 Å². The summed E-state index contributed by atoms with van der Waals surface area (Å²) in [6.45, 7) is 1.91. The van der Waals surface area contributed by atoms with Crippen molar-refractivity contribution in [2.75, 3.05) is 0 Å². The predicted molar refractivity (Wildman–Crippen MR) is 36.9 cm³/mol. The minimum atomic E-state index is -0.144. The van der Waals surface area contributed by atoms with E-state index in [9.17, 15) is 0 Å². The van der Waals surface area contributed by atoms with Gasteiger partial charge in [0.2, 0.25) is 5.88 Å². The van der Waals surface area contributed by atoms with Crippen LogP contribution in [0.2, 0.25) is 0 Å². The Bertz CT molecular complexity index is 235. The maximum Gasteiger partial charge on any atom is 0.214 e. The fourth-order valence-electron chi connectivity index (χ4n) is 0.735. The molecular weight excluding hydrogens is 130 g/mol. The number of nitrogens with zero attached hydrogens (tertiary/aromatic N) is 1. The van der Waals surface area contributed by atoms with Crippen molar-refractivity contribution in [1.82, 2.24) is 4.98 Å². The fourth-order valence-corrected chi connectivity index (χ4v) is 0.735. The van der Waals surface area contributed by atoms with Crippen LogP contribution >= 0.6 is 0 Å². The Hall–Kier alpha value is -1.25. The molecule has 0 radical (unpaired) electrons. The van der Waals surface area contributed by atoms with E-state index in [1.165, 1.54) is 12.3 Å². The van der Waals surface area contributed by atoms with E-state index >= 15 is 0 Å². The molecule has 1 aromatic heterocycles. The summed E-state index contributed by atoms with van der Waals surface area (Å²) in [5.74, 6) is -0.0373. The first kappa shape index (κ1) is 6.86. The first-order chi connectivity index (χ1) is 4.74. The quantitative estimate of drug-likeness (QED) is 0.611. The molecule has 0 aliphatic carbocycles. The first-order valence-corrected chi connectivity index (χ1v) is 3.11. The monoisotopic (exact) mass is 139 g/mol. The molecule has 0 fully saturated rings. The van der Waals surface area contributed by atoms with E-state index in [1.807, 2.05) is 6.92 Å². The van der Waals surface area contributed by atoms with Crippen LogP contribution in [0.25, 0.3) is 0 Å². The van der Waals surface area contributed by atoms with Gasteiger partial charge in [-0.3, -0.25) is 0 Å². The summed E-state index contributed by atoms with van der Waals surface area (Å²) in [5, 5.41) is 17.9. The Morgan fingerprint density at radius 2 is 2.20 bits per heavy atom. The van der Waals surface area contributed by atoms with E-state index < -0.39 is 0 Å². The molecule has 0 saturated heterocycles. The van der Waals surface area contributed by atoms with Crippen molar-refractivity contribution in [3.8, 4) is 11.6 Å². The van der Waals surface area contributed by atoms with Crippen molar-refractivity contribution in [3.05, 3.63) is 17.8 Å². The van der Waals surface area contributed by atoms with E-state index in [-0.39, 0.29) is 11.6 Å². The lowest BCUT2D eigenvalue weighted by molar-refractivity contribution is 0.431. The molecule has 0 unspecified atom stereocenters. The third-order valence-corrected chi connectivity index (χ3v) is 1.33. The number of hydrogen-bond donors (Lipinski definition) is 2. The molecule has 0 saturated carbocycles. The van der Waals surface area contributed by atoms with Crippen LogP contribution in [0.1, 0.15) is 12.5 Å². The average molecular weight is 139 g/mol. The number of aryl methyl sites for hydroxylation is 1. The molecule has 1 aromatic rings. The van der Waals surface area contributed by atoms with Crippen LogP contribution in [-0.2, 0) is 6.42 Å². The lowest BCUT2D eigenvalue weighted by Crippen LogP contribution is -1.82. The minimum absolute atomic E-state index is 0.106. The molecule has 0 aliphatic rings. The molecule has 1 rings (SSSR count). The van der Waals surface area contributed by atoms with Crippen molar-refractivity contribution < 1.29 is 10.2 Å². The molecule has 0 atom stereocenters. The largest absolute Gasteiger partial charge is 0.507 e. The lowest BCUT2D eigenvalue weighted by atomic mass is 10.2. The number of aromatic hydroxyl groups is 2. The summed E-state index contributed by atoms with van der Waals surface area (Å²) in [6.07, 6.45) is 2.18. The van der Waals surface area contributed by atoms with Gasteiger partial charge in [-0.1, -0.05) is 6.92 Å². The Labute approximate surface area is 59.0 Å². The van der Waals surface area contributed by atoms with Gasteiger partial charge in [0.05, 0.1) is 0 Å². The number of pyridine rings is 1. The van der Waals surface area contributed by atoms with Gasteiger partial charge in [-0.25, -0.2) is 4.98 Å². The Balaban J connectivity index is 3.07. The summed E-state index contributed by atoms with van der Waals surface area (Å²) in [5.41, 5.74) is 0.748. The van der Waals surface area contributed by atoms with Crippen LogP contribution in [-0.4, -0.2) is 15.2 Å². The zero-order chi connectivity index (χ0) is 7.56. The Morgan fingerprint density at radius 3 is 2.70 bits per heavy atom. The molecule has 0 amide bonds. The van der Waals surface area contributed by atoms with Gasteiger partial charge < -0.3 is 10.2 Å². The van der Waals surface area contributed by atoms with Crippen molar-refractivity contribution in [2.45, 2.75) is 13.3 Å². The SMILES string of the molecule is CCc1cnc(O)cc1O. The second-order valence-corrected chi connectivity index (χ2v) is 2.02. The van der Waals surface area contributed by atoms with Gasteiger partial charge in [-0.2, -0.15) is 0 Å². The summed E-state index contributed by atoms with van der Waals surface area (Å²) >= 11 is 0. The molecule has 2 N–H and O–H groups in total. The molecule has 0 aromatic carbocycles. The molecular formula is C7H9NO2. The maximum absolute atomic E-state index is 9.09. The van der Waals surface area contributed by atoms with Crippen LogP contribution in [0.15, 0.2) is 12.3 Å². The highest BCUT2D eigenvalue weighted by Gasteiger charge is 1.98. The fraction of sp³-hybridized carbons (Fsp3) is 0.286. The standard InChI is InChI=1S/C7H9NO2/c1-2-5-4-8-7(10)3-6(5)9/h3-4H,2H2,1H3,(H2,8,9,10). The zero-order valence-corrected chi connectivity index (χ0v) is 5.70. The predicted octanol–water partition coefficient (Wildman–Crippen LogP) is 1.06. The van der Waals surface area contributed by atoms with Gasteiger partial charge in [0.15, 0.2) is 0 Å². The van der Waals surface area contributed by atoms with E-state index in [1.54, 1.807) is 0 Å². The maximum atomic E-state index is 9.09. The van der Waals surface area contributed by atoms with Gasteiger partial charge in [-0.05, 0) is 6.42 Å².